The molecule has 2 unspecified atom stereocenters. The maximum absolute atomic E-state index is 4.44. The predicted octanol–water partition coefficient (Wildman–Crippen LogP) is -0.204. The first kappa shape index (κ1) is 7.42. The maximum atomic E-state index is 4.44. The van der Waals surface area contributed by atoms with E-state index < -0.39 is 0 Å². The fraction of sp³-hybridized carbons (Fsp3) is 0.500. The fourth-order valence-electron chi connectivity index (χ4n) is 2.23. The Balaban J connectivity index is 1.81. The number of pyridine rings is 1. The number of hydrogen-bond acceptors (Lipinski definition) is 2. The van der Waals surface area contributed by atoms with E-state index in [0.717, 1.165) is 17.7 Å². The molecule has 0 radical (unpaired) electrons. The molecule has 2 atom stereocenters. The van der Waals surface area contributed by atoms with Crippen molar-refractivity contribution in [3.05, 3.63) is 18.3 Å². The zero-order valence-electron chi connectivity index (χ0n) is 7.90. The lowest BCUT2D eigenvalue weighted by Gasteiger charge is -2.18. The van der Waals surface area contributed by atoms with E-state index in [4.69, 9.17) is 0 Å². The van der Waals surface area contributed by atoms with Crippen LogP contribution in [0.15, 0.2) is 18.3 Å². The molecule has 0 aromatic carbocycles. The number of piperidine rings is 1. The molecule has 0 spiro atoms. The van der Waals surface area contributed by atoms with Crippen molar-refractivity contribution >= 4 is 19.1 Å². The number of anilines is 1. The number of fused-ring (bicyclic) bond motifs is 1. The Morgan fingerprint density at radius 2 is 2.08 bits per heavy atom. The highest BCUT2D eigenvalue weighted by Crippen LogP contribution is 2.45. The van der Waals surface area contributed by atoms with Gasteiger partial charge in [0.15, 0.2) is 0 Å². The Hall–Kier alpha value is -0.985. The molecule has 1 saturated carbocycles. The third-order valence-corrected chi connectivity index (χ3v) is 3.20. The smallest absolute Gasteiger partial charge is 0.141 e. The van der Waals surface area contributed by atoms with Crippen molar-refractivity contribution in [2.45, 2.75) is 6.42 Å². The third kappa shape index (κ3) is 1.23. The van der Waals surface area contributed by atoms with E-state index in [1.165, 1.54) is 25.0 Å². The molecule has 2 aliphatic rings. The highest BCUT2D eigenvalue weighted by Gasteiger charge is 2.45. The van der Waals surface area contributed by atoms with Crippen molar-refractivity contribution in [1.29, 1.82) is 0 Å². The Morgan fingerprint density at radius 1 is 1.31 bits per heavy atom. The monoisotopic (exact) mass is 172 g/mol. The molecule has 0 bridgehead atoms. The summed E-state index contributed by atoms with van der Waals surface area (Å²) in [7, 11) is 2.08. The van der Waals surface area contributed by atoms with Gasteiger partial charge in [0.05, 0.1) is 0 Å². The Bertz CT molecular complexity index is 312. The molecule has 3 heteroatoms. The minimum absolute atomic E-state index is 0.989. The van der Waals surface area contributed by atoms with E-state index in [1.54, 1.807) is 0 Å². The summed E-state index contributed by atoms with van der Waals surface area (Å²) in [5, 5.41) is 0. The summed E-state index contributed by atoms with van der Waals surface area (Å²) < 4.78 is 0. The Morgan fingerprint density at radius 3 is 2.69 bits per heavy atom. The molecule has 3 rings (SSSR count). The van der Waals surface area contributed by atoms with Gasteiger partial charge in [-0.3, -0.25) is 0 Å². The van der Waals surface area contributed by atoms with Crippen molar-refractivity contribution in [2.75, 3.05) is 18.0 Å². The molecule has 1 aliphatic heterocycles. The average Bonchev–Trinajstić information content (AvgIpc) is 2.75. The second-order valence-electron chi connectivity index (χ2n) is 4.35. The second-order valence-corrected chi connectivity index (χ2v) is 4.35. The lowest BCUT2D eigenvalue weighted by Crippen LogP contribution is -2.23. The first-order chi connectivity index (χ1) is 6.33. The molecule has 66 valence electrons. The molecule has 13 heavy (non-hydrogen) atoms. The van der Waals surface area contributed by atoms with E-state index in [0.29, 0.717) is 0 Å². The Kier molecular flexibility index (Phi) is 1.43. The number of hydrogen-bond donors (Lipinski definition) is 0. The molecule has 2 heterocycles. The summed E-state index contributed by atoms with van der Waals surface area (Å²) in [6.45, 7) is 2.47. The number of aromatic nitrogens is 1. The summed E-state index contributed by atoms with van der Waals surface area (Å²) in [5.74, 6) is 3.14. The minimum atomic E-state index is 0.989. The lowest BCUT2D eigenvalue weighted by molar-refractivity contribution is 0.806. The normalized spacial score (nSPS) is 30.3. The molecular weight excluding hydrogens is 159 g/mol. The molecule has 1 aromatic rings. The summed E-state index contributed by atoms with van der Waals surface area (Å²) >= 11 is 0. The van der Waals surface area contributed by atoms with Crippen molar-refractivity contribution in [3.8, 4) is 0 Å². The van der Waals surface area contributed by atoms with Gasteiger partial charge in [0.1, 0.15) is 13.7 Å². The van der Waals surface area contributed by atoms with Crippen LogP contribution in [0.4, 0.5) is 5.82 Å². The molecular formula is C10H13BN2. The van der Waals surface area contributed by atoms with E-state index in [9.17, 15) is 0 Å². The summed E-state index contributed by atoms with van der Waals surface area (Å²) in [6, 6.07) is 4.28. The van der Waals surface area contributed by atoms with Crippen molar-refractivity contribution in [3.63, 3.8) is 0 Å². The van der Waals surface area contributed by atoms with Crippen LogP contribution in [0.1, 0.15) is 6.42 Å². The number of rotatable bonds is 1. The van der Waals surface area contributed by atoms with Gasteiger partial charge in [0, 0.05) is 19.3 Å². The van der Waals surface area contributed by atoms with Crippen LogP contribution in [0.3, 0.4) is 0 Å². The van der Waals surface area contributed by atoms with Gasteiger partial charge in [0.2, 0.25) is 0 Å². The molecule has 1 aliphatic carbocycles. The van der Waals surface area contributed by atoms with E-state index in [2.05, 4.69) is 29.9 Å². The summed E-state index contributed by atoms with van der Waals surface area (Å²) in [5.41, 5.74) is 1.24. The number of nitrogens with zero attached hydrogens (tertiary/aromatic N) is 2. The van der Waals surface area contributed by atoms with E-state index in [-0.39, 0.29) is 0 Å². The third-order valence-electron chi connectivity index (χ3n) is 3.20. The molecule has 1 saturated heterocycles. The summed E-state index contributed by atoms with van der Waals surface area (Å²) in [4.78, 5) is 6.86. The van der Waals surface area contributed by atoms with Gasteiger partial charge in [-0.2, -0.15) is 0 Å². The van der Waals surface area contributed by atoms with Gasteiger partial charge >= 0.3 is 0 Å². The van der Waals surface area contributed by atoms with Crippen LogP contribution < -0.4 is 10.4 Å². The van der Waals surface area contributed by atoms with Crippen LogP contribution >= 0.6 is 0 Å². The lowest BCUT2D eigenvalue weighted by atomic mass is 9.99. The van der Waals surface area contributed by atoms with Crippen molar-refractivity contribution in [2.24, 2.45) is 11.8 Å². The molecule has 1 aromatic heterocycles. The maximum Gasteiger partial charge on any atom is 0.141 e. The Labute approximate surface area is 79.4 Å². The summed E-state index contributed by atoms with van der Waals surface area (Å²) in [6.07, 6.45) is 3.42. The van der Waals surface area contributed by atoms with Crippen LogP contribution in [0.2, 0.25) is 0 Å². The molecule has 0 amide bonds. The zero-order chi connectivity index (χ0) is 8.84. The van der Waals surface area contributed by atoms with Gasteiger partial charge in [-0.25, -0.2) is 4.98 Å². The SMILES string of the molecule is Bc1ccc(N2CC3CC3C2)nc1. The molecule has 2 fully saturated rings. The first-order valence-corrected chi connectivity index (χ1v) is 5.00. The van der Waals surface area contributed by atoms with Crippen LogP contribution in [0.25, 0.3) is 0 Å². The van der Waals surface area contributed by atoms with Gasteiger partial charge in [0.25, 0.3) is 0 Å². The van der Waals surface area contributed by atoms with Crippen LogP contribution in [0.5, 0.6) is 0 Å². The van der Waals surface area contributed by atoms with Crippen LogP contribution in [-0.2, 0) is 0 Å². The van der Waals surface area contributed by atoms with Crippen LogP contribution in [0, 0.1) is 11.8 Å². The second kappa shape index (κ2) is 2.50. The van der Waals surface area contributed by atoms with Gasteiger partial charge in [-0.1, -0.05) is 11.5 Å². The highest BCUT2D eigenvalue weighted by atomic mass is 15.2. The van der Waals surface area contributed by atoms with Crippen molar-refractivity contribution in [1.82, 2.24) is 4.98 Å². The van der Waals surface area contributed by atoms with Gasteiger partial charge in [-0.05, 0) is 24.3 Å². The first-order valence-electron chi connectivity index (χ1n) is 5.00. The van der Waals surface area contributed by atoms with E-state index in [1.807, 2.05) is 6.20 Å². The predicted molar refractivity (Wildman–Crippen MR) is 56.2 cm³/mol. The van der Waals surface area contributed by atoms with Crippen LogP contribution in [-0.4, -0.2) is 25.9 Å². The fourth-order valence-corrected chi connectivity index (χ4v) is 2.23. The molecule has 0 N–H and O–H groups in total. The standard InChI is InChI=1S/C10H13BN2/c11-9-1-2-10(12-4-9)13-5-7-3-8(7)6-13/h1-2,4,7-8H,3,5-6,11H2. The van der Waals surface area contributed by atoms with Crippen molar-refractivity contribution < 1.29 is 0 Å². The molecule has 2 nitrogen and oxygen atoms in total. The topological polar surface area (TPSA) is 16.1 Å². The largest absolute Gasteiger partial charge is 0.356 e. The zero-order valence-corrected chi connectivity index (χ0v) is 7.90. The van der Waals surface area contributed by atoms with Gasteiger partial charge in [-0.15, -0.1) is 0 Å². The highest BCUT2D eigenvalue weighted by molar-refractivity contribution is 6.32. The van der Waals surface area contributed by atoms with Gasteiger partial charge < -0.3 is 4.90 Å². The minimum Gasteiger partial charge on any atom is -0.356 e. The quantitative estimate of drug-likeness (QED) is 0.545. The average molecular weight is 172 g/mol. The van der Waals surface area contributed by atoms with E-state index >= 15 is 0 Å².